The average Bonchev–Trinajstić information content (AvgIpc) is 2.70. The third-order valence-electron chi connectivity index (χ3n) is 4.26. The van der Waals surface area contributed by atoms with Gasteiger partial charge in [-0.05, 0) is 24.3 Å². The second-order valence-electron chi connectivity index (χ2n) is 5.96. The zero-order valence-electron chi connectivity index (χ0n) is 14.2. The molecule has 3 aromatic carbocycles. The molecule has 27 heavy (non-hydrogen) atoms. The molecule has 134 valence electrons. The monoisotopic (exact) mass is 378 g/mol. The third kappa shape index (κ3) is 3.13. The number of hydrogen-bond acceptors (Lipinski definition) is 3. The summed E-state index contributed by atoms with van der Waals surface area (Å²) >= 11 is 6.18. The molecule has 0 saturated heterocycles. The van der Waals surface area contributed by atoms with Gasteiger partial charge in [0.15, 0.2) is 5.52 Å². The predicted molar refractivity (Wildman–Crippen MR) is 104 cm³/mol. The van der Waals surface area contributed by atoms with Crippen molar-refractivity contribution < 1.29 is 9.57 Å². The second-order valence-corrected chi connectivity index (χ2v) is 6.37. The first-order chi connectivity index (χ1) is 13.2. The van der Waals surface area contributed by atoms with Crippen LogP contribution in [0.15, 0.2) is 83.7 Å². The van der Waals surface area contributed by atoms with Crippen LogP contribution in [-0.2, 0) is 6.61 Å². The summed E-state index contributed by atoms with van der Waals surface area (Å²) in [5, 5.41) is 13.4. The van der Waals surface area contributed by atoms with Gasteiger partial charge in [0.05, 0.1) is 5.56 Å². The van der Waals surface area contributed by atoms with Gasteiger partial charge in [-0.1, -0.05) is 60.1 Å². The molecule has 0 aliphatic heterocycles. The molecule has 0 aliphatic carbocycles. The number of rotatable bonds is 4. The van der Waals surface area contributed by atoms with Gasteiger partial charge in [-0.3, -0.25) is 4.79 Å². The van der Waals surface area contributed by atoms with Crippen molar-refractivity contribution in [1.29, 1.82) is 0 Å². The minimum absolute atomic E-state index is 0.00783. The van der Waals surface area contributed by atoms with Gasteiger partial charge < -0.3 is 10.0 Å². The molecule has 0 spiro atoms. The molecule has 6 heteroatoms. The fourth-order valence-corrected chi connectivity index (χ4v) is 3.13. The van der Waals surface area contributed by atoms with Crippen LogP contribution in [0.4, 0.5) is 0 Å². The summed E-state index contributed by atoms with van der Waals surface area (Å²) in [5.74, 6) is 0. The lowest BCUT2D eigenvalue weighted by molar-refractivity contribution is -0.566. The number of para-hydroxylation sites is 2. The Morgan fingerprint density at radius 2 is 1.59 bits per heavy atom. The molecule has 5 nitrogen and oxygen atoms in total. The zero-order chi connectivity index (χ0) is 18.8. The van der Waals surface area contributed by atoms with Gasteiger partial charge in [0, 0.05) is 16.7 Å². The van der Waals surface area contributed by atoms with Crippen LogP contribution in [0.3, 0.4) is 0 Å². The highest BCUT2D eigenvalue weighted by atomic mass is 35.5. The van der Waals surface area contributed by atoms with Crippen LogP contribution in [0.2, 0.25) is 5.02 Å². The Kier molecular flexibility index (Phi) is 4.52. The Hall–Kier alpha value is -3.31. The first kappa shape index (κ1) is 17.1. The van der Waals surface area contributed by atoms with Crippen LogP contribution in [0.5, 0.6) is 0 Å². The van der Waals surface area contributed by atoms with Crippen molar-refractivity contribution in [2.24, 2.45) is 0 Å². The molecule has 0 bridgehead atoms. The van der Waals surface area contributed by atoms with E-state index in [0.29, 0.717) is 26.3 Å². The van der Waals surface area contributed by atoms with Crippen molar-refractivity contribution >= 4 is 22.6 Å². The summed E-state index contributed by atoms with van der Waals surface area (Å²) < 4.78 is 1.82. The lowest BCUT2D eigenvalue weighted by atomic mass is 10.1. The lowest BCUT2D eigenvalue weighted by Crippen LogP contribution is -2.42. The van der Waals surface area contributed by atoms with E-state index < -0.39 is 5.56 Å². The number of hydrogen-bond donors (Lipinski definition) is 0. The Morgan fingerprint density at radius 3 is 2.37 bits per heavy atom. The molecule has 0 fully saturated rings. The van der Waals surface area contributed by atoms with E-state index in [-0.39, 0.29) is 12.3 Å². The Balaban J connectivity index is 1.89. The summed E-state index contributed by atoms with van der Waals surface area (Å²) in [6.45, 7) is 0.0979. The molecule has 1 heterocycles. The number of aromatic nitrogens is 2. The summed E-state index contributed by atoms with van der Waals surface area (Å²) in [6.07, 6.45) is 0. The molecule has 0 amide bonds. The summed E-state index contributed by atoms with van der Waals surface area (Å²) in [5.41, 5.74) is 1.49. The minimum atomic E-state index is -0.526. The first-order valence-electron chi connectivity index (χ1n) is 8.36. The summed E-state index contributed by atoms with van der Waals surface area (Å²) in [4.78, 5) is 18.9. The number of nitrogens with zero attached hydrogens (tertiary/aromatic N) is 2. The summed E-state index contributed by atoms with van der Waals surface area (Å²) in [6, 6.07) is 22.9. The Bertz CT molecular complexity index is 1170. The molecule has 0 aliphatic rings. The lowest BCUT2D eigenvalue weighted by Gasteiger charge is -2.14. The molecule has 4 aromatic rings. The van der Waals surface area contributed by atoms with E-state index in [0.717, 1.165) is 10.3 Å². The highest BCUT2D eigenvalue weighted by Crippen LogP contribution is 2.17. The number of benzene rings is 3. The molecule has 0 atom stereocenters. The van der Waals surface area contributed by atoms with Crippen molar-refractivity contribution in [3.63, 3.8) is 0 Å². The fourth-order valence-electron chi connectivity index (χ4n) is 2.94. The molecule has 0 N–H and O–H groups in total. The van der Waals surface area contributed by atoms with E-state index in [1.807, 2.05) is 24.3 Å². The Labute approximate surface area is 160 Å². The topological polar surface area (TPSA) is 58.2 Å². The molecule has 0 radical (unpaired) electrons. The highest BCUT2D eigenvalue weighted by Gasteiger charge is 2.23. The fraction of sp³-hybridized carbons (Fsp3) is 0.0476. The smallest absolute Gasteiger partial charge is 0.357 e. The van der Waals surface area contributed by atoms with Crippen molar-refractivity contribution in [1.82, 2.24) is 4.73 Å². The highest BCUT2D eigenvalue weighted by molar-refractivity contribution is 6.31. The van der Waals surface area contributed by atoms with Crippen LogP contribution >= 0.6 is 11.6 Å². The van der Waals surface area contributed by atoms with E-state index in [1.165, 1.54) is 0 Å². The van der Waals surface area contributed by atoms with E-state index in [1.54, 1.807) is 54.6 Å². The van der Waals surface area contributed by atoms with Gasteiger partial charge in [0.2, 0.25) is 5.52 Å². The molecule has 1 aromatic heterocycles. The third-order valence-corrected chi connectivity index (χ3v) is 4.63. The van der Waals surface area contributed by atoms with E-state index in [4.69, 9.17) is 16.4 Å². The van der Waals surface area contributed by atoms with Crippen LogP contribution in [-0.4, -0.2) is 4.73 Å². The quantitative estimate of drug-likeness (QED) is 0.403. The van der Waals surface area contributed by atoms with Gasteiger partial charge in [-0.15, -0.1) is 4.73 Å². The van der Waals surface area contributed by atoms with Crippen molar-refractivity contribution in [2.75, 3.05) is 0 Å². The van der Waals surface area contributed by atoms with Crippen LogP contribution in [0.25, 0.3) is 22.3 Å². The van der Waals surface area contributed by atoms with E-state index >= 15 is 0 Å². The normalized spacial score (nSPS) is 10.9. The number of fused-ring (bicyclic) bond motifs is 1. The van der Waals surface area contributed by atoms with Crippen LogP contribution in [0.1, 0.15) is 5.56 Å². The molecular formula is C21H15ClN2O3. The molecular weight excluding hydrogens is 364 g/mol. The van der Waals surface area contributed by atoms with Gasteiger partial charge in [0.25, 0.3) is 5.69 Å². The maximum absolute atomic E-state index is 13.1. The van der Waals surface area contributed by atoms with E-state index in [9.17, 15) is 10.0 Å². The maximum Gasteiger partial charge on any atom is 0.357 e. The van der Waals surface area contributed by atoms with E-state index in [2.05, 4.69) is 0 Å². The van der Waals surface area contributed by atoms with Crippen molar-refractivity contribution in [3.05, 3.63) is 105 Å². The average molecular weight is 379 g/mol. The second kappa shape index (κ2) is 7.13. The minimum Gasteiger partial charge on any atom is -0.618 e. The van der Waals surface area contributed by atoms with Crippen molar-refractivity contribution in [3.8, 4) is 11.3 Å². The predicted octanol–water partition coefficient (Wildman–Crippen LogP) is 3.58. The van der Waals surface area contributed by atoms with Crippen molar-refractivity contribution in [2.45, 2.75) is 6.61 Å². The van der Waals surface area contributed by atoms with Crippen LogP contribution in [0, 0.1) is 5.21 Å². The maximum atomic E-state index is 13.1. The zero-order valence-corrected chi connectivity index (χ0v) is 15.0. The largest absolute Gasteiger partial charge is 0.618 e. The first-order valence-corrected chi connectivity index (χ1v) is 8.74. The van der Waals surface area contributed by atoms with Gasteiger partial charge in [-0.25, -0.2) is 0 Å². The standard InChI is InChI=1S/C21H15ClN2O3/c22-17-11-5-4-10-16(17)14-27-24-19-13-7-6-12-18(19)23(26)20(21(24)25)15-8-2-1-3-9-15/h1-13H,14H2. The SMILES string of the molecule is O=c1c(-c2ccccc2)[n+]([O-])c2ccccc2n1OCc1ccccc1Cl. The molecule has 0 saturated carbocycles. The number of halogens is 1. The Morgan fingerprint density at radius 1 is 0.926 bits per heavy atom. The van der Waals surface area contributed by atoms with Gasteiger partial charge >= 0.3 is 5.56 Å². The summed E-state index contributed by atoms with van der Waals surface area (Å²) in [7, 11) is 0. The molecule has 0 unspecified atom stereocenters. The van der Waals surface area contributed by atoms with Gasteiger partial charge in [-0.2, -0.15) is 4.73 Å². The van der Waals surface area contributed by atoms with Crippen LogP contribution < -0.4 is 15.1 Å². The van der Waals surface area contributed by atoms with Gasteiger partial charge in [0.1, 0.15) is 6.61 Å². The molecule has 4 rings (SSSR count).